The summed E-state index contributed by atoms with van der Waals surface area (Å²) in [6, 6.07) is 15.7. The number of ether oxygens (including phenoxy) is 1. The monoisotopic (exact) mass is 336 g/mol. The van der Waals surface area contributed by atoms with Crippen molar-refractivity contribution in [2.24, 2.45) is 10.4 Å². The molecule has 1 spiro atoms. The average molecular weight is 336 g/mol. The minimum absolute atomic E-state index is 0.0251. The molecule has 0 saturated carbocycles. The molecule has 0 radical (unpaired) electrons. The predicted octanol–water partition coefficient (Wildman–Crippen LogP) is 3.46. The van der Waals surface area contributed by atoms with Crippen molar-refractivity contribution >= 4 is 17.4 Å². The van der Waals surface area contributed by atoms with E-state index >= 15 is 0 Å². The van der Waals surface area contributed by atoms with Crippen molar-refractivity contribution in [1.29, 1.82) is 0 Å². The number of esters is 1. The van der Waals surface area contributed by atoms with Gasteiger partial charge in [0.25, 0.3) is 5.69 Å². The molecule has 6 nitrogen and oxygen atoms in total. The van der Waals surface area contributed by atoms with Gasteiger partial charge >= 0.3 is 5.97 Å². The maximum Gasteiger partial charge on any atom is 0.315 e. The van der Waals surface area contributed by atoms with Crippen molar-refractivity contribution in [3.63, 3.8) is 0 Å². The number of carbonyl (C=O) groups is 1. The van der Waals surface area contributed by atoms with E-state index in [1.807, 2.05) is 30.3 Å². The number of rotatable bonds is 3. The van der Waals surface area contributed by atoms with Crippen molar-refractivity contribution in [2.75, 3.05) is 6.61 Å². The van der Waals surface area contributed by atoms with Crippen LogP contribution in [0.1, 0.15) is 30.0 Å². The van der Waals surface area contributed by atoms with Crippen LogP contribution in [0.15, 0.2) is 59.6 Å². The third kappa shape index (κ3) is 2.50. The lowest BCUT2D eigenvalue weighted by Crippen LogP contribution is -2.30. The van der Waals surface area contributed by atoms with Crippen LogP contribution in [0.25, 0.3) is 0 Å². The molecule has 0 unspecified atom stereocenters. The van der Waals surface area contributed by atoms with Crippen LogP contribution < -0.4 is 0 Å². The van der Waals surface area contributed by atoms with E-state index in [9.17, 15) is 14.9 Å². The van der Waals surface area contributed by atoms with E-state index in [1.165, 1.54) is 12.1 Å². The largest absolute Gasteiger partial charge is 0.465 e. The number of benzene rings is 2. The molecular formula is C19H16N2O4. The Morgan fingerprint density at radius 3 is 2.44 bits per heavy atom. The van der Waals surface area contributed by atoms with Gasteiger partial charge in [-0.1, -0.05) is 42.5 Å². The molecule has 0 aliphatic carbocycles. The van der Waals surface area contributed by atoms with E-state index in [0.29, 0.717) is 19.4 Å². The van der Waals surface area contributed by atoms with Crippen LogP contribution in [-0.4, -0.2) is 23.2 Å². The van der Waals surface area contributed by atoms with E-state index in [4.69, 9.17) is 9.73 Å². The molecule has 1 saturated heterocycles. The first-order valence-corrected chi connectivity index (χ1v) is 8.14. The van der Waals surface area contributed by atoms with Gasteiger partial charge in [0.2, 0.25) is 0 Å². The highest BCUT2D eigenvalue weighted by atomic mass is 16.6. The highest BCUT2D eigenvalue weighted by Crippen LogP contribution is 2.52. The van der Waals surface area contributed by atoms with Gasteiger partial charge < -0.3 is 4.74 Å². The van der Waals surface area contributed by atoms with E-state index in [1.54, 1.807) is 12.1 Å². The Morgan fingerprint density at radius 1 is 1.12 bits per heavy atom. The van der Waals surface area contributed by atoms with E-state index < -0.39 is 10.3 Å². The second kappa shape index (κ2) is 5.81. The molecular weight excluding hydrogens is 320 g/mol. The van der Waals surface area contributed by atoms with Crippen molar-refractivity contribution < 1.29 is 14.5 Å². The maximum atomic E-state index is 12.5. The summed E-state index contributed by atoms with van der Waals surface area (Å²) in [4.78, 5) is 27.8. The standard InChI is InChI=1S/C19H16N2O4/c22-18-19(10-11-25-18)12-16(13-4-2-1-3-5-13)20-17(19)14-6-8-15(9-7-14)21(23)24/h1-9,17H,10-12H2/t17-,19+/m1/s1. The molecule has 2 heterocycles. The molecule has 0 amide bonds. The van der Waals surface area contributed by atoms with Crippen LogP contribution >= 0.6 is 0 Å². The fraction of sp³-hybridized carbons (Fsp3) is 0.263. The number of hydrogen-bond donors (Lipinski definition) is 0. The number of nitro benzene ring substituents is 1. The minimum Gasteiger partial charge on any atom is -0.465 e. The number of cyclic esters (lactones) is 1. The summed E-state index contributed by atoms with van der Waals surface area (Å²) in [5.41, 5.74) is 1.99. The topological polar surface area (TPSA) is 81.8 Å². The Bertz CT molecular complexity index is 861. The molecule has 2 aliphatic heterocycles. The Kier molecular flexibility index (Phi) is 3.60. The number of nitrogens with zero attached hydrogens (tertiary/aromatic N) is 2. The van der Waals surface area contributed by atoms with Gasteiger partial charge in [0, 0.05) is 30.7 Å². The molecule has 2 aromatic carbocycles. The number of carbonyl (C=O) groups excluding carboxylic acids is 1. The molecule has 0 bridgehead atoms. The third-order valence-electron chi connectivity index (χ3n) is 5.01. The summed E-state index contributed by atoms with van der Waals surface area (Å²) in [5.74, 6) is -0.231. The molecule has 25 heavy (non-hydrogen) atoms. The molecule has 0 aromatic heterocycles. The number of nitro groups is 1. The highest BCUT2D eigenvalue weighted by molar-refractivity contribution is 6.05. The lowest BCUT2D eigenvalue weighted by molar-refractivity contribution is -0.384. The molecule has 2 aromatic rings. The average Bonchev–Trinajstić information content (AvgIpc) is 3.20. The summed E-state index contributed by atoms with van der Waals surface area (Å²) in [7, 11) is 0. The normalized spacial score (nSPS) is 25.0. The maximum absolute atomic E-state index is 12.5. The van der Waals surface area contributed by atoms with Gasteiger partial charge in [-0.2, -0.15) is 0 Å². The second-order valence-electron chi connectivity index (χ2n) is 6.41. The Morgan fingerprint density at radius 2 is 1.84 bits per heavy atom. The summed E-state index contributed by atoms with van der Waals surface area (Å²) in [5, 5.41) is 10.9. The molecule has 1 fully saturated rings. The van der Waals surface area contributed by atoms with Crippen molar-refractivity contribution in [3.05, 3.63) is 75.8 Å². The van der Waals surface area contributed by atoms with Gasteiger partial charge in [-0.15, -0.1) is 0 Å². The highest BCUT2D eigenvalue weighted by Gasteiger charge is 2.55. The van der Waals surface area contributed by atoms with Crippen molar-refractivity contribution in [2.45, 2.75) is 18.9 Å². The Labute approximate surface area is 144 Å². The second-order valence-corrected chi connectivity index (χ2v) is 6.41. The van der Waals surface area contributed by atoms with Gasteiger partial charge in [-0.25, -0.2) is 0 Å². The summed E-state index contributed by atoms with van der Waals surface area (Å²) in [6.45, 7) is 0.389. The lowest BCUT2D eigenvalue weighted by atomic mass is 9.74. The van der Waals surface area contributed by atoms with Crippen molar-refractivity contribution in [1.82, 2.24) is 0 Å². The molecule has 0 N–H and O–H groups in total. The number of aliphatic imine (C=N–C) groups is 1. The van der Waals surface area contributed by atoms with E-state index in [2.05, 4.69) is 0 Å². The molecule has 6 heteroatoms. The van der Waals surface area contributed by atoms with Crippen LogP contribution in [0, 0.1) is 15.5 Å². The van der Waals surface area contributed by atoms with E-state index in [0.717, 1.165) is 16.8 Å². The quantitative estimate of drug-likeness (QED) is 0.488. The summed E-state index contributed by atoms with van der Waals surface area (Å²) in [6.07, 6.45) is 1.13. The van der Waals surface area contributed by atoms with Crippen LogP contribution in [0.5, 0.6) is 0 Å². The third-order valence-corrected chi connectivity index (χ3v) is 5.01. The predicted molar refractivity (Wildman–Crippen MR) is 91.4 cm³/mol. The first-order valence-electron chi connectivity index (χ1n) is 8.14. The smallest absolute Gasteiger partial charge is 0.315 e. The number of hydrogen-bond acceptors (Lipinski definition) is 5. The number of non-ortho nitro benzene ring substituents is 1. The van der Waals surface area contributed by atoms with Gasteiger partial charge in [-0.05, 0) is 11.1 Å². The molecule has 2 atom stereocenters. The first kappa shape index (κ1) is 15.5. The first-order chi connectivity index (χ1) is 12.1. The van der Waals surface area contributed by atoms with E-state index in [-0.39, 0.29) is 17.7 Å². The Balaban J connectivity index is 1.77. The molecule has 2 aliphatic rings. The van der Waals surface area contributed by atoms with Crippen LogP contribution in [0.4, 0.5) is 5.69 Å². The van der Waals surface area contributed by atoms with Crippen LogP contribution in [-0.2, 0) is 9.53 Å². The zero-order valence-corrected chi connectivity index (χ0v) is 13.4. The zero-order valence-electron chi connectivity index (χ0n) is 13.4. The molecule has 126 valence electrons. The van der Waals surface area contributed by atoms with Gasteiger partial charge in [0.05, 0.1) is 17.6 Å². The SMILES string of the molecule is O=C1OCC[C@@]12CC(c1ccccc1)=N[C@@H]2c1ccc([N+](=O)[O-])cc1. The molecule has 4 rings (SSSR count). The fourth-order valence-electron chi connectivity index (χ4n) is 3.68. The van der Waals surface area contributed by atoms with Gasteiger partial charge in [0.1, 0.15) is 5.41 Å². The van der Waals surface area contributed by atoms with Crippen LogP contribution in [0.2, 0.25) is 0 Å². The zero-order chi connectivity index (χ0) is 17.4. The fourth-order valence-corrected chi connectivity index (χ4v) is 3.68. The van der Waals surface area contributed by atoms with Gasteiger partial charge in [0.15, 0.2) is 0 Å². The lowest BCUT2D eigenvalue weighted by Gasteiger charge is -2.25. The van der Waals surface area contributed by atoms with Crippen LogP contribution in [0.3, 0.4) is 0 Å². The minimum atomic E-state index is -0.707. The summed E-state index contributed by atoms with van der Waals surface area (Å²) >= 11 is 0. The Hall–Kier alpha value is -3.02. The van der Waals surface area contributed by atoms with Crippen molar-refractivity contribution in [3.8, 4) is 0 Å². The summed E-state index contributed by atoms with van der Waals surface area (Å²) < 4.78 is 5.27. The van der Waals surface area contributed by atoms with Gasteiger partial charge in [-0.3, -0.25) is 19.9 Å².